The van der Waals surface area contributed by atoms with Crippen LogP contribution in [0.3, 0.4) is 0 Å². The van der Waals surface area contributed by atoms with Gasteiger partial charge in [0.2, 0.25) is 0 Å². The molecule has 1 saturated heterocycles. The van der Waals surface area contributed by atoms with Gasteiger partial charge in [-0.25, -0.2) is 0 Å². The predicted octanol–water partition coefficient (Wildman–Crippen LogP) is 1.28. The van der Waals surface area contributed by atoms with E-state index >= 15 is 0 Å². The smallest absolute Gasteiger partial charge is 0.0285 e. The average Bonchev–Trinajstić information content (AvgIpc) is 2.04. The number of hydrogen-bond donors (Lipinski definition) is 1. The summed E-state index contributed by atoms with van der Waals surface area (Å²) in [7, 11) is 2.22. The van der Waals surface area contributed by atoms with E-state index in [-0.39, 0.29) is 0 Å². The number of nitrogens with one attached hydrogen (secondary N) is 1. The van der Waals surface area contributed by atoms with E-state index in [9.17, 15) is 0 Å². The summed E-state index contributed by atoms with van der Waals surface area (Å²) in [5.41, 5.74) is 0. The Morgan fingerprint density at radius 3 is 2.85 bits per heavy atom. The van der Waals surface area contributed by atoms with Gasteiger partial charge in [-0.15, -0.1) is 0 Å². The second-order valence-corrected chi connectivity index (χ2v) is 5.49. The Labute approximate surface area is 86.5 Å². The first-order valence-electron chi connectivity index (χ1n) is 5.18. The molecular weight excluding hydrogens is 180 g/mol. The Balaban J connectivity index is 2.14. The van der Waals surface area contributed by atoms with Gasteiger partial charge in [0.25, 0.3) is 0 Å². The molecule has 0 spiro atoms. The molecule has 1 atom stereocenters. The van der Waals surface area contributed by atoms with Crippen LogP contribution in [0.4, 0.5) is 0 Å². The molecule has 1 heterocycles. The second kappa shape index (κ2) is 5.89. The van der Waals surface area contributed by atoms with Crippen molar-refractivity contribution in [2.75, 3.05) is 38.2 Å². The first kappa shape index (κ1) is 11.3. The van der Waals surface area contributed by atoms with Gasteiger partial charge in [-0.3, -0.25) is 0 Å². The minimum absolute atomic E-state index is 0.711. The summed E-state index contributed by atoms with van der Waals surface area (Å²) in [5.74, 6) is 3.34. The van der Waals surface area contributed by atoms with E-state index in [4.69, 9.17) is 0 Å². The van der Waals surface area contributed by atoms with Crippen LogP contribution in [0.25, 0.3) is 0 Å². The second-order valence-electron chi connectivity index (χ2n) is 4.34. The molecule has 0 aromatic carbocycles. The first-order chi connectivity index (χ1) is 6.18. The first-order valence-corrected chi connectivity index (χ1v) is 6.33. The number of thioether (sulfide) groups is 1. The van der Waals surface area contributed by atoms with Gasteiger partial charge in [-0.1, -0.05) is 13.8 Å². The summed E-state index contributed by atoms with van der Waals surface area (Å²) in [4.78, 5) is 2.44. The van der Waals surface area contributed by atoms with Crippen molar-refractivity contribution in [3.8, 4) is 0 Å². The van der Waals surface area contributed by atoms with Crippen molar-refractivity contribution in [1.29, 1.82) is 0 Å². The van der Waals surface area contributed by atoms with Gasteiger partial charge >= 0.3 is 0 Å². The van der Waals surface area contributed by atoms with E-state index in [0.717, 1.165) is 5.92 Å². The highest BCUT2D eigenvalue weighted by Gasteiger charge is 2.14. The maximum Gasteiger partial charge on any atom is 0.0285 e. The molecule has 0 radical (unpaired) electrons. The highest BCUT2D eigenvalue weighted by Crippen LogP contribution is 2.08. The zero-order valence-corrected chi connectivity index (χ0v) is 9.86. The van der Waals surface area contributed by atoms with Crippen LogP contribution in [0.15, 0.2) is 0 Å². The molecule has 0 aromatic heterocycles. The fraction of sp³-hybridized carbons (Fsp3) is 1.00. The Bertz CT molecular complexity index is 133. The summed E-state index contributed by atoms with van der Waals surface area (Å²) in [6.45, 7) is 8.15. The fourth-order valence-electron chi connectivity index (χ4n) is 1.81. The molecule has 2 nitrogen and oxygen atoms in total. The molecular formula is C10H22N2S. The summed E-state index contributed by atoms with van der Waals surface area (Å²) < 4.78 is 0. The Morgan fingerprint density at radius 1 is 1.54 bits per heavy atom. The number of likely N-dealkylation sites (N-methyl/N-ethyl adjacent to an activating group) is 1. The van der Waals surface area contributed by atoms with E-state index in [1.54, 1.807) is 0 Å². The van der Waals surface area contributed by atoms with Crippen LogP contribution < -0.4 is 5.32 Å². The van der Waals surface area contributed by atoms with Gasteiger partial charge in [0.05, 0.1) is 0 Å². The van der Waals surface area contributed by atoms with E-state index in [1.807, 2.05) is 0 Å². The molecule has 0 aliphatic carbocycles. The summed E-state index contributed by atoms with van der Waals surface area (Å²) >= 11 is 2.07. The van der Waals surface area contributed by atoms with Crippen molar-refractivity contribution >= 4 is 11.8 Å². The zero-order valence-electron chi connectivity index (χ0n) is 9.05. The van der Waals surface area contributed by atoms with E-state index in [2.05, 4.69) is 42.9 Å². The monoisotopic (exact) mass is 202 g/mol. The lowest BCUT2D eigenvalue weighted by molar-refractivity contribution is 0.269. The summed E-state index contributed by atoms with van der Waals surface area (Å²) in [5, 5.41) is 3.56. The van der Waals surface area contributed by atoms with Crippen molar-refractivity contribution in [1.82, 2.24) is 10.2 Å². The largest absolute Gasteiger partial charge is 0.311 e. The van der Waals surface area contributed by atoms with Gasteiger partial charge < -0.3 is 10.2 Å². The molecule has 13 heavy (non-hydrogen) atoms. The van der Waals surface area contributed by atoms with E-state index < -0.39 is 0 Å². The van der Waals surface area contributed by atoms with Crippen molar-refractivity contribution < 1.29 is 0 Å². The molecule has 0 aromatic rings. The van der Waals surface area contributed by atoms with Crippen LogP contribution in [0.5, 0.6) is 0 Å². The van der Waals surface area contributed by atoms with Gasteiger partial charge in [0.1, 0.15) is 0 Å². The lowest BCUT2D eigenvalue weighted by atomic mass is 10.2. The minimum atomic E-state index is 0.711. The third-order valence-corrected chi connectivity index (χ3v) is 3.34. The minimum Gasteiger partial charge on any atom is -0.311 e. The number of nitrogens with zero attached hydrogens (tertiary/aromatic N) is 1. The molecule has 0 amide bonds. The zero-order chi connectivity index (χ0) is 9.68. The molecule has 1 aliphatic heterocycles. The molecule has 1 unspecified atom stereocenters. The van der Waals surface area contributed by atoms with Crippen LogP contribution in [-0.4, -0.2) is 49.1 Å². The Kier molecular flexibility index (Phi) is 5.14. The topological polar surface area (TPSA) is 15.3 Å². The fourth-order valence-corrected chi connectivity index (χ4v) is 2.75. The van der Waals surface area contributed by atoms with E-state index in [0.29, 0.717) is 6.04 Å². The molecule has 3 heteroatoms. The maximum atomic E-state index is 3.56. The van der Waals surface area contributed by atoms with Gasteiger partial charge in [0, 0.05) is 37.2 Å². The van der Waals surface area contributed by atoms with E-state index in [1.165, 1.54) is 31.1 Å². The lowest BCUT2D eigenvalue weighted by Crippen LogP contribution is -2.45. The molecule has 1 N–H and O–H groups in total. The molecule has 78 valence electrons. The number of hydrogen-bond acceptors (Lipinski definition) is 3. The van der Waals surface area contributed by atoms with Crippen LogP contribution in [0.1, 0.15) is 13.8 Å². The third kappa shape index (κ3) is 4.89. The molecule has 1 rings (SSSR count). The van der Waals surface area contributed by atoms with Gasteiger partial charge in [-0.2, -0.15) is 11.8 Å². The van der Waals surface area contributed by atoms with Crippen molar-refractivity contribution in [3.63, 3.8) is 0 Å². The molecule has 1 aliphatic rings. The standard InChI is InChI=1S/C10H22N2S/c1-9(2)6-12(3)7-10-8-13-5-4-11-10/h9-11H,4-8H2,1-3H3. The molecule has 1 fully saturated rings. The maximum absolute atomic E-state index is 3.56. The quantitative estimate of drug-likeness (QED) is 0.739. The highest BCUT2D eigenvalue weighted by molar-refractivity contribution is 7.99. The lowest BCUT2D eigenvalue weighted by Gasteiger charge is -2.28. The van der Waals surface area contributed by atoms with Crippen molar-refractivity contribution in [2.45, 2.75) is 19.9 Å². The van der Waals surface area contributed by atoms with Crippen LogP contribution in [0, 0.1) is 5.92 Å². The van der Waals surface area contributed by atoms with Crippen molar-refractivity contribution in [3.05, 3.63) is 0 Å². The van der Waals surface area contributed by atoms with Crippen molar-refractivity contribution in [2.24, 2.45) is 5.92 Å². The SMILES string of the molecule is CC(C)CN(C)CC1CSCCN1. The number of rotatable bonds is 4. The van der Waals surface area contributed by atoms with Crippen LogP contribution in [0.2, 0.25) is 0 Å². The Hall–Kier alpha value is 0.270. The summed E-state index contributed by atoms with van der Waals surface area (Å²) in [6, 6.07) is 0.711. The van der Waals surface area contributed by atoms with Gasteiger partial charge in [-0.05, 0) is 13.0 Å². The average molecular weight is 202 g/mol. The molecule has 0 saturated carbocycles. The highest BCUT2D eigenvalue weighted by atomic mass is 32.2. The summed E-state index contributed by atoms with van der Waals surface area (Å²) in [6.07, 6.45) is 0. The normalized spacial score (nSPS) is 24.2. The molecule has 0 bridgehead atoms. The van der Waals surface area contributed by atoms with Crippen LogP contribution in [-0.2, 0) is 0 Å². The predicted molar refractivity (Wildman–Crippen MR) is 61.5 cm³/mol. The van der Waals surface area contributed by atoms with Crippen LogP contribution >= 0.6 is 11.8 Å². The Morgan fingerprint density at radius 2 is 2.31 bits per heavy atom. The third-order valence-electron chi connectivity index (χ3n) is 2.21. The van der Waals surface area contributed by atoms with Gasteiger partial charge in [0.15, 0.2) is 0 Å².